The first-order chi connectivity index (χ1) is 4.70. The number of carbonyl (C=O) groups is 1. The predicted molar refractivity (Wildman–Crippen MR) is 36.1 cm³/mol. The second-order valence-corrected chi connectivity index (χ2v) is 2.67. The van der Waals surface area contributed by atoms with E-state index in [-0.39, 0.29) is 5.92 Å². The van der Waals surface area contributed by atoms with E-state index in [1.807, 2.05) is 0 Å². The lowest BCUT2D eigenvalue weighted by molar-refractivity contribution is -0.143. The Balaban J connectivity index is 2.39. The van der Waals surface area contributed by atoms with E-state index in [4.69, 9.17) is 10.9 Å². The molecule has 0 aromatic heterocycles. The molecule has 1 saturated heterocycles. The van der Waals surface area contributed by atoms with E-state index in [1.165, 1.54) is 0 Å². The molecular weight excluding hydrogens is 132 g/mol. The number of piperidine rings is 1. The van der Waals surface area contributed by atoms with Crippen LogP contribution in [0, 0.1) is 5.92 Å². The summed E-state index contributed by atoms with van der Waals surface area (Å²) in [5, 5.41) is 10.1. The van der Waals surface area contributed by atoms with Crippen molar-refractivity contribution in [3.8, 4) is 0 Å². The number of aliphatic carboxylic acids is 1. The van der Waals surface area contributed by atoms with Crippen LogP contribution in [-0.2, 0) is 4.79 Å². The number of carboxylic acid groups (broad SMARTS) is 1. The first-order valence-electron chi connectivity index (χ1n) is 3.42. The van der Waals surface area contributed by atoms with E-state index < -0.39 is 5.97 Å². The molecule has 1 aliphatic heterocycles. The molecule has 0 unspecified atom stereocenters. The third-order valence-corrected chi connectivity index (χ3v) is 1.80. The summed E-state index contributed by atoms with van der Waals surface area (Å²) in [5.74, 6) is 4.46. The molecule has 1 atom stereocenters. The number of hydrogen-bond acceptors (Lipinski definition) is 3. The Morgan fingerprint density at radius 2 is 2.40 bits per heavy atom. The highest BCUT2D eigenvalue weighted by Gasteiger charge is 2.23. The molecule has 0 aliphatic carbocycles. The predicted octanol–water partition coefficient (Wildman–Crippen LogP) is -0.343. The van der Waals surface area contributed by atoms with Gasteiger partial charge in [0.25, 0.3) is 0 Å². The highest BCUT2D eigenvalue weighted by molar-refractivity contribution is 5.70. The Morgan fingerprint density at radius 3 is 2.80 bits per heavy atom. The topological polar surface area (TPSA) is 66.6 Å². The van der Waals surface area contributed by atoms with Crippen LogP contribution in [0.15, 0.2) is 0 Å². The van der Waals surface area contributed by atoms with Gasteiger partial charge in [-0.25, -0.2) is 5.01 Å². The van der Waals surface area contributed by atoms with Gasteiger partial charge in [-0.2, -0.15) is 0 Å². The molecule has 0 aromatic rings. The van der Waals surface area contributed by atoms with Crippen molar-refractivity contribution in [1.29, 1.82) is 0 Å². The fraction of sp³-hybridized carbons (Fsp3) is 0.833. The van der Waals surface area contributed by atoms with Crippen LogP contribution in [0.3, 0.4) is 0 Å². The molecule has 4 nitrogen and oxygen atoms in total. The zero-order chi connectivity index (χ0) is 7.56. The summed E-state index contributed by atoms with van der Waals surface area (Å²) in [7, 11) is 0. The number of rotatable bonds is 1. The summed E-state index contributed by atoms with van der Waals surface area (Å²) in [6, 6.07) is 0. The van der Waals surface area contributed by atoms with Gasteiger partial charge < -0.3 is 5.11 Å². The number of carboxylic acids is 1. The second kappa shape index (κ2) is 2.98. The number of hydrazine groups is 1. The van der Waals surface area contributed by atoms with Gasteiger partial charge in [-0.3, -0.25) is 10.6 Å². The Kier molecular flexibility index (Phi) is 2.24. The molecule has 58 valence electrons. The standard InChI is InChI=1S/C6H12N2O2/c7-8-3-1-2-5(4-8)6(9)10/h5H,1-4,7H2,(H,9,10)/t5-/m0/s1. The Morgan fingerprint density at radius 1 is 1.70 bits per heavy atom. The van der Waals surface area contributed by atoms with E-state index in [0.29, 0.717) is 6.54 Å². The van der Waals surface area contributed by atoms with Crippen LogP contribution in [0.4, 0.5) is 0 Å². The third-order valence-electron chi connectivity index (χ3n) is 1.80. The molecule has 0 spiro atoms. The molecule has 1 fully saturated rings. The van der Waals surface area contributed by atoms with Gasteiger partial charge in [0.1, 0.15) is 0 Å². The molecule has 0 aromatic carbocycles. The molecular formula is C6H12N2O2. The van der Waals surface area contributed by atoms with Gasteiger partial charge in [-0.15, -0.1) is 0 Å². The van der Waals surface area contributed by atoms with Gasteiger partial charge >= 0.3 is 5.97 Å². The van der Waals surface area contributed by atoms with E-state index in [0.717, 1.165) is 19.4 Å². The minimum atomic E-state index is -0.727. The lowest BCUT2D eigenvalue weighted by Gasteiger charge is -2.26. The molecule has 1 aliphatic rings. The first kappa shape index (κ1) is 7.50. The highest BCUT2D eigenvalue weighted by Crippen LogP contribution is 2.13. The summed E-state index contributed by atoms with van der Waals surface area (Å²) in [4.78, 5) is 10.4. The Hall–Kier alpha value is -0.610. The van der Waals surface area contributed by atoms with Gasteiger partial charge in [0.15, 0.2) is 0 Å². The summed E-state index contributed by atoms with van der Waals surface area (Å²) in [6.45, 7) is 1.32. The highest BCUT2D eigenvalue weighted by atomic mass is 16.4. The molecule has 1 rings (SSSR count). The van der Waals surface area contributed by atoms with Crippen molar-refractivity contribution in [1.82, 2.24) is 5.01 Å². The minimum absolute atomic E-state index is 0.251. The molecule has 4 heteroatoms. The van der Waals surface area contributed by atoms with Gasteiger partial charge in [0.05, 0.1) is 5.92 Å². The third kappa shape index (κ3) is 1.68. The van der Waals surface area contributed by atoms with Crippen LogP contribution in [-0.4, -0.2) is 29.2 Å². The zero-order valence-corrected chi connectivity index (χ0v) is 5.79. The monoisotopic (exact) mass is 144 g/mol. The lowest BCUT2D eigenvalue weighted by atomic mass is 10.00. The van der Waals surface area contributed by atoms with Crippen molar-refractivity contribution in [2.75, 3.05) is 13.1 Å². The Bertz CT molecular complexity index is 138. The fourth-order valence-electron chi connectivity index (χ4n) is 1.21. The maximum absolute atomic E-state index is 10.4. The van der Waals surface area contributed by atoms with Gasteiger partial charge in [-0.1, -0.05) is 0 Å². The van der Waals surface area contributed by atoms with Crippen LogP contribution in [0.2, 0.25) is 0 Å². The molecule has 0 bridgehead atoms. The van der Waals surface area contributed by atoms with Crippen molar-refractivity contribution in [2.45, 2.75) is 12.8 Å². The van der Waals surface area contributed by atoms with Crippen molar-refractivity contribution in [3.63, 3.8) is 0 Å². The molecule has 10 heavy (non-hydrogen) atoms. The van der Waals surface area contributed by atoms with E-state index in [9.17, 15) is 4.79 Å². The minimum Gasteiger partial charge on any atom is -0.481 e. The Labute approximate surface area is 59.6 Å². The van der Waals surface area contributed by atoms with Crippen LogP contribution in [0.1, 0.15) is 12.8 Å². The quantitative estimate of drug-likeness (QED) is 0.494. The lowest BCUT2D eigenvalue weighted by Crippen LogP contribution is -2.42. The van der Waals surface area contributed by atoms with Crippen LogP contribution in [0.5, 0.6) is 0 Å². The van der Waals surface area contributed by atoms with E-state index >= 15 is 0 Å². The SMILES string of the molecule is NN1CCC[C@H](C(=O)O)C1. The first-order valence-corrected chi connectivity index (χ1v) is 3.42. The molecule has 3 N–H and O–H groups in total. The van der Waals surface area contributed by atoms with Crippen molar-refractivity contribution in [3.05, 3.63) is 0 Å². The smallest absolute Gasteiger partial charge is 0.307 e. The van der Waals surface area contributed by atoms with E-state index in [1.54, 1.807) is 5.01 Å². The number of nitrogens with zero attached hydrogens (tertiary/aromatic N) is 1. The van der Waals surface area contributed by atoms with Crippen molar-refractivity contribution in [2.24, 2.45) is 11.8 Å². The molecule has 0 radical (unpaired) electrons. The van der Waals surface area contributed by atoms with Crippen LogP contribution in [0.25, 0.3) is 0 Å². The van der Waals surface area contributed by atoms with Gasteiger partial charge in [-0.05, 0) is 12.8 Å². The summed E-state index contributed by atoms with van der Waals surface area (Å²) >= 11 is 0. The van der Waals surface area contributed by atoms with Crippen LogP contribution >= 0.6 is 0 Å². The molecule has 0 saturated carbocycles. The number of hydrogen-bond donors (Lipinski definition) is 2. The summed E-state index contributed by atoms with van der Waals surface area (Å²) < 4.78 is 0. The van der Waals surface area contributed by atoms with Gasteiger partial charge in [0.2, 0.25) is 0 Å². The number of nitrogens with two attached hydrogens (primary N) is 1. The average Bonchev–Trinajstić information content (AvgIpc) is 1.88. The molecule has 0 amide bonds. The molecule has 1 heterocycles. The van der Waals surface area contributed by atoms with Gasteiger partial charge in [0, 0.05) is 13.1 Å². The normalized spacial score (nSPS) is 28.3. The van der Waals surface area contributed by atoms with Crippen LogP contribution < -0.4 is 5.84 Å². The maximum atomic E-state index is 10.4. The van der Waals surface area contributed by atoms with E-state index in [2.05, 4.69) is 0 Å². The summed E-state index contributed by atoms with van der Waals surface area (Å²) in [6.07, 6.45) is 1.66. The van der Waals surface area contributed by atoms with Crippen molar-refractivity contribution >= 4 is 5.97 Å². The van der Waals surface area contributed by atoms with Crippen molar-refractivity contribution < 1.29 is 9.90 Å². The fourth-order valence-corrected chi connectivity index (χ4v) is 1.21. The summed E-state index contributed by atoms with van der Waals surface area (Å²) in [5.41, 5.74) is 0. The zero-order valence-electron chi connectivity index (χ0n) is 5.79. The average molecular weight is 144 g/mol. The second-order valence-electron chi connectivity index (χ2n) is 2.67. The maximum Gasteiger partial charge on any atom is 0.307 e. The largest absolute Gasteiger partial charge is 0.481 e.